The van der Waals surface area contributed by atoms with Crippen LogP contribution in [0.1, 0.15) is 33.1 Å². The molecule has 0 spiro atoms. The van der Waals surface area contributed by atoms with E-state index in [0.717, 1.165) is 13.1 Å². The SMILES string of the molecule is Cc1ccc(C(c2ccccc2)N2CCN(C(=O)c3ccc(Cl)nc3)CC2)cc1. The Morgan fingerprint density at radius 1 is 0.897 bits per heavy atom. The van der Waals surface area contributed by atoms with Crippen LogP contribution in [0.4, 0.5) is 0 Å². The van der Waals surface area contributed by atoms with E-state index in [0.29, 0.717) is 23.8 Å². The Hall–Kier alpha value is -2.69. The van der Waals surface area contributed by atoms with Gasteiger partial charge in [-0.1, -0.05) is 71.8 Å². The van der Waals surface area contributed by atoms with Crippen LogP contribution in [-0.4, -0.2) is 46.9 Å². The van der Waals surface area contributed by atoms with Crippen molar-refractivity contribution in [3.8, 4) is 0 Å². The number of aromatic nitrogens is 1. The summed E-state index contributed by atoms with van der Waals surface area (Å²) in [6, 6.07) is 22.9. The van der Waals surface area contributed by atoms with Gasteiger partial charge in [0, 0.05) is 32.4 Å². The van der Waals surface area contributed by atoms with Crippen molar-refractivity contribution in [1.82, 2.24) is 14.8 Å². The Kier molecular flexibility index (Phi) is 5.93. The molecule has 4 rings (SSSR count). The summed E-state index contributed by atoms with van der Waals surface area (Å²) in [5.74, 6) is 0.0143. The first-order valence-corrected chi connectivity index (χ1v) is 10.3. The van der Waals surface area contributed by atoms with E-state index in [-0.39, 0.29) is 11.9 Å². The number of nitrogens with zero attached hydrogens (tertiary/aromatic N) is 3. The van der Waals surface area contributed by atoms with E-state index in [2.05, 4.69) is 65.3 Å². The van der Waals surface area contributed by atoms with Crippen molar-refractivity contribution >= 4 is 17.5 Å². The third kappa shape index (κ3) is 4.50. The molecule has 0 bridgehead atoms. The van der Waals surface area contributed by atoms with Crippen LogP contribution in [0.3, 0.4) is 0 Å². The molecule has 0 aliphatic carbocycles. The van der Waals surface area contributed by atoms with Crippen LogP contribution in [-0.2, 0) is 0 Å². The maximum absolute atomic E-state index is 12.8. The molecule has 4 nitrogen and oxygen atoms in total. The number of carbonyl (C=O) groups is 1. The summed E-state index contributed by atoms with van der Waals surface area (Å²) in [6.45, 7) is 5.13. The lowest BCUT2D eigenvalue weighted by Gasteiger charge is -2.39. The second kappa shape index (κ2) is 8.76. The molecule has 1 fully saturated rings. The fourth-order valence-electron chi connectivity index (χ4n) is 3.87. The normalized spacial score (nSPS) is 15.9. The molecule has 5 heteroatoms. The van der Waals surface area contributed by atoms with Crippen molar-refractivity contribution in [2.75, 3.05) is 26.2 Å². The predicted octanol–water partition coefficient (Wildman–Crippen LogP) is 4.59. The van der Waals surface area contributed by atoms with Crippen LogP contribution in [0.5, 0.6) is 0 Å². The molecule has 148 valence electrons. The molecule has 2 heterocycles. The summed E-state index contributed by atoms with van der Waals surface area (Å²) in [5.41, 5.74) is 4.40. The summed E-state index contributed by atoms with van der Waals surface area (Å²) < 4.78 is 0. The molecule has 0 saturated carbocycles. The lowest BCUT2D eigenvalue weighted by molar-refractivity contribution is 0.0597. The standard InChI is InChI=1S/C24H24ClN3O/c1-18-7-9-20(10-8-18)23(19-5-3-2-4-6-19)27-13-15-28(16-14-27)24(29)21-11-12-22(25)26-17-21/h2-12,17,23H,13-16H2,1H3. The Morgan fingerprint density at radius 2 is 1.55 bits per heavy atom. The van der Waals surface area contributed by atoms with Crippen molar-refractivity contribution in [2.24, 2.45) is 0 Å². The van der Waals surface area contributed by atoms with E-state index in [1.807, 2.05) is 11.0 Å². The molecule has 1 aliphatic rings. The zero-order chi connectivity index (χ0) is 20.2. The van der Waals surface area contributed by atoms with Gasteiger partial charge in [0.1, 0.15) is 5.15 Å². The minimum Gasteiger partial charge on any atom is -0.336 e. The first kappa shape index (κ1) is 19.6. The lowest BCUT2D eigenvalue weighted by Crippen LogP contribution is -2.49. The molecule has 1 unspecified atom stereocenters. The van der Waals surface area contributed by atoms with Crippen LogP contribution >= 0.6 is 11.6 Å². The third-order valence-electron chi connectivity index (χ3n) is 5.45. The van der Waals surface area contributed by atoms with E-state index in [1.165, 1.54) is 16.7 Å². The topological polar surface area (TPSA) is 36.4 Å². The maximum Gasteiger partial charge on any atom is 0.255 e. The summed E-state index contributed by atoms with van der Waals surface area (Å²) in [6.07, 6.45) is 1.55. The predicted molar refractivity (Wildman–Crippen MR) is 116 cm³/mol. The van der Waals surface area contributed by atoms with E-state index in [4.69, 9.17) is 11.6 Å². The number of carbonyl (C=O) groups excluding carboxylic acids is 1. The Labute approximate surface area is 176 Å². The number of benzene rings is 2. The summed E-state index contributed by atoms with van der Waals surface area (Å²) >= 11 is 5.84. The van der Waals surface area contributed by atoms with Crippen LogP contribution in [0.15, 0.2) is 72.9 Å². The molecule has 1 amide bonds. The molecule has 0 N–H and O–H groups in total. The van der Waals surface area contributed by atoms with E-state index < -0.39 is 0 Å². The molecule has 2 aromatic carbocycles. The minimum atomic E-state index is 0.0143. The molecular formula is C24H24ClN3O. The third-order valence-corrected chi connectivity index (χ3v) is 5.67. The van der Waals surface area contributed by atoms with Gasteiger partial charge in [-0.3, -0.25) is 9.69 Å². The average Bonchev–Trinajstić information content (AvgIpc) is 2.77. The van der Waals surface area contributed by atoms with E-state index in [1.54, 1.807) is 18.3 Å². The van der Waals surface area contributed by atoms with Gasteiger partial charge in [0.15, 0.2) is 0 Å². The first-order valence-electron chi connectivity index (χ1n) is 9.88. The monoisotopic (exact) mass is 405 g/mol. The Balaban J connectivity index is 1.51. The molecule has 1 aliphatic heterocycles. The van der Waals surface area contributed by atoms with E-state index >= 15 is 0 Å². The highest BCUT2D eigenvalue weighted by molar-refractivity contribution is 6.29. The van der Waals surface area contributed by atoms with Gasteiger partial charge in [0.05, 0.1) is 11.6 Å². The maximum atomic E-state index is 12.8. The van der Waals surface area contributed by atoms with Gasteiger partial charge in [-0.2, -0.15) is 0 Å². The Bertz CT molecular complexity index is 950. The summed E-state index contributed by atoms with van der Waals surface area (Å²) in [4.78, 5) is 21.2. The largest absolute Gasteiger partial charge is 0.336 e. The van der Waals surface area contributed by atoms with Crippen molar-refractivity contribution < 1.29 is 4.79 Å². The summed E-state index contributed by atoms with van der Waals surface area (Å²) in [7, 11) is 0. The highest BCUT2D eigenvalue weighted by Crippen LogP contribution is 2.30. The van der Waals surface area contributed by atoms with Crippen molar-refractivity contribution in [3.63, 3.8) is 0 Å². The van der Waals surface area contributed by atoms with Crippen molar-refractivity contribution in [3.05, 3.63) is 100 Å². The van der Waals surface area contributed by atoms with Crippen molar-refractivity contribution in [2.45, 2.75) is 13.0 Å². The van der Waals surface area contributed by atoms with Crippen LogP contribution in [0.25, 0.3) is 0 Å². The fraction of sp³-hybridized carbons (Fsp3) is 0.250. The number of hydrogen-bond donors (Lipinski definition) is 0. The van der Waals surface area contributed by atoms with Gasteiger partial charge >= 0.3 is 0 Å². The molecule has 0 radical (unpaired) electrons. The molecule has 3 aromatic rings. The first-order chi connectivity index (χ1) is 14.1. The number of pyridine rings is 1. The lowest BCUT2D eigenvalue weighted by atomic mass is 9.95. The van der Waals surface area contributed by atoms with Gasteiger partial charge in [-0.15, -0.1) is 0 Å². The number of aryl methyl sites for hydroxylation is 1. The molecule has 1 aromatic heterocycles. The number of amides is 1. The van der Waals surface area contributed by atoms with Gasteiger partial charge in [-0.25, -0.2) is 4.98 Å². The van der Waals surface area contributed by atoms with Gasteiger partial charge in [0.2, 0.25) is 0 Å². The van der Waals surface area contributed by atoms with Crippen LogP contribution in [0, 0.1) is 6.92 Å². The highest BCUT2D eigenvalue weighted by atomic mass is 35.5. The molecule has 29 heavy (non-hydrogen) atoms. The van der Waals surface area contributed by atoms with Crippen molar-refractivity contribution in [1.29, 1.82) is 0 Å². The second-order valence-electron chi connectivity index (χ2n) is 7.42. The van der Waals surface area contributed by atoms with E-state index in [9.17, 15) is 4.79 Å². The smallest absolute Gasteiger partial charge is 0.255 e. The van der Waals surface area contributed by atoms with Crippen LogP contribution in [0.2, 0.25) is 5.15 Å². The zero-order valence-corrected chi connectivity index (χ0v) is 17.2. The Morgan fingerprint density at radius 3 is 2.17 bits per heavy atom. The molecule has 1 atom stereocenters. The quantitative estimate of drug-likeness (QED) is 0.595. The van der Waals surface area contributed by atoms with Gasteiger partial charge < -0.3 is 4.90 Å². The highest BCUT2D eigenvalue weighted by Gasteiger charge is 2.28. The molecular weight excluding hydrogens is 382 g/mol. The minimum absolute atomic E-state index is 0.0143. The van der Waals surface area contributed by atoms with Crippen LogP contribution < -0.4 is 0 Å². The zero-order valence-electron chi connectivity index (χ0n) is 16.5. The average molecular weight is 406 g/mol. The number of hydrogen-bond acceptors (Lipinski definition) is 3. The van der Waals surface area contributed by atoms with Gasteiger partial charge in [0.25, 0.3) is 5.91 Å². The number of piperazine rings is 1. The molecule has 1 saturated heterocycles. The van der Waals surface area contributed by atoms with Gasteiger partial charge in [-0.05, 0) is 30.2 Å². The number of rotatable bonds is 4. The fourth-order valence-corrected chi connectivity index (χ4v) is 3.98. The second-order valence-corrected chi connectivity index (χ2v) is 7.81. The summed E-state index contributed by atoms with van der Waals surface area (Å²) in [5, 5.41) is 0.398. The number of halogens is 1.